The van der Waals surface area contributed by atoms with Crippen LogP contribution in [0.3, 0.4) is 0 Å². The van der Waals surface area contributed by atoms with Crippen molar-refractivity contribution >= 4 is 21.4 Å². The number of hydrogen-bond donors (Lipinski definition) is 1. The molecule has 0 saturated carbocycles. The Kier molecular flexibility index (Phi) is 11.3. The molecule has 0 unspecified atom stereocenters. The molecule has 0 amide bonds. The number of nitrogens with one attached hydrogen (secondary N) is 1. The Morgan fingerprint density at radius 3 is 1.81 bits per heavy atom. The van der Waals surface area contributed by atoms with E-state index in [4.69, 9.17) is 0 Å². The fourth-order valence-electron chi connectivity index (χ4n) is 4.07. The molecule has 2 aromatic carbocycles. The molecule has 0 bridgehead atoms. The third-order valence-electron chi connectivity index (χ3n) is 6.03. The number of hydrogen-bond acceptors (Lipinski definition) is 2. The molecule has 0 fully saturated rings. The molecule has 2 rings (SSSR count). The third-order valence-corrected chi connectivity index (χ3v) is 7.40. The summed E-state index contributed by atoms with van der Waals surface area (Å²) >= 11 is 0. The Bertz CT molecular complexity index is 862. The lowest BCUT2D eigenvalue weighted by atomic mass is 10.1. The lowest BCUT2D eigenvalue weighted by Gasteiger charge is -2.29. The van der Waals surface area contributed by atoms with Gasteiger partial charge in [-0.1, -0.05) is 95.0 Å². The quantitative estimate of drug-likeness (QED) is 0.215. The Hall–Kier alpha value is -1.85. The highest BCUT2D eigenvalue weighted by molar-refractivity contribution is 7.92. The highest BCUT2D eigenvalue weighted by atomic mass is 32.2. The van der Waals surface area contributed by atoms with E-state index in [1.807, 2.05) is 30.3 Å². The van der Waals surface area contributed by atoms with Gasteiger partial charge in [0.15, 0.2) is 0 Å². The van der Waals surface area contributed by atoms with Crippen LogP contribution in [-0.2, 0) is 16.6 Å². The van der Waals surface area contributed by atoms with Gasteiger partial charge in [0, 0.05) is 23.4 Å². The van der Waals surface area contributed by atoms with E-state index in [-0.39, 0.29) is 5.75 Å². The van der Waals surface area contributed by atoms with Crippen LogP contribution in [0.1, 0.15) is 76.7 Å². The van der Waals surface area contributed by atoms with Crippen LogP contribution in [0.2, 0.25) is 0 Å². The Morgan fingerprint density at radius 1 is 0.719 bits per heavy atom. The van der Waals surface area contributed by atoms with Gasteiger partial charge < -0.3 is 0 Å². The maximum Gasteiger partial charge on any atom is 0.232 e. The summed E-state index contributed by atoms with van der Waals surface area (Å²) in [6.45, 7) is 3.12. The van der Waals surface area contributed by atoms with E-state index in [2.05, 4.69) is 50.0 Å². The Balaban J connectivity index is 1.71. The van der Waals surface area contributed by atoms with Crippen LogP contribution in [-0.4, -0.2) is 28.3 Å². The fraction of sp³-hybridized carbons (Fsp3) is 0.556. The van der Waals surface area contributed by atoms with Gasteiger partial charge in [0.05, 0.1) is 19.8 Å². The number of unbranched alkanes of at least 4 members (excludes halogenated alkanes) is 9. The summed E-state index contributed by atoms with van der Waals surface area (Å²) in [5.41, 5.74) is 3.06. The normalized spacial score (nSPS) is 12.1. The predicted octanol–water partition coefficient (Wildman–Crippen LogP) is 7.12. The van der Waals surface area contributed by atoms with Crippen molar-refractivity contribution in [3.8, 4) is 0 Å². The molecule has 0 aliphatic rings. The van der Waals surface area contributed by atoms with Crippen LogP contribution in [0.4, 0.5) is 11.4 Å². The Labute approximate surface area is 196 Å². The van der Waals surface area contributed by atoms with Crippen molar-refractivity contribution in [1.82, 2.24) is 4.48 Å². The van der Waals surface area contributed by atoms with Crippen molar-refractivity contribution in [1.29, 1.82) is 0 Å². The predicted molar refractivity (Wildman–Crippen MR) is 139 cm³/mol. The number of benzene rings is 2. The van der Waals surface area contributed by atoms with E-state index in [9.17, 15) is 8.42 Å². The molecular formula is C27H43N2O2S+. The second-order valence-electron chi connectivity index (χ2n) is 9.48. The van der Waals surface area contributed by atoms with E-state index in [1.165, 1.54) is 50.5 Å². The molecule has 0 spiro atoms. The average Bonchev–Trinajstić information content (AvgIpc) is 2.75. The van der Waals surface area contributed by atoms with Crippen molar-refractivity contribution in [2.24, 2.45) is 0 Å². The molecule has 0 aliphatic carbocycles. The van der Waals surface area contributed by atoms with Crippen molar-refractivity contribution in [3.05, 3.63) is 60.2 Å². The van der Waals surface area contributed by atoms with E-state index in [0.717, 1.165) is 31.5 Å². The molecule has 0 atom stereocenters. The summed E-state index contributed by atoms with van der Waals surface area (Å²) in [5.74, 6) is 0.195. The summed E-state index contributed by atoms with van der Waals surface area (Å²) < 4.78 is 28.3. The van der Waals surface area contributed by atoms with Crippen LogP contribution in [0.15, 0.2) is 54.6 Å². The third kappa shape index (κ3) is 10.2. The maximum atomic E-state index is 12.4. The lowest BCUT2D eigenvalue weighted by molar-refractivity contribution is 0.392. The molecule has 32 heavy (non-hydrogen) atoms. The first-order valence-electron chi connectivity index (χ1n) is 12.3. The van der Waals surface area contributed by atoms with Crippen molar-refractivity contribution in [3.63, 3.8) is 0 Å². The zero-order chi connectivity index (χ0) is 23.3. The minimum Gasteiger partial charge on any atom is -0.292 e. The molecular weight excluding hydrogens is 416 g/mol. The minimum atomic E-state index is -3.29. The molecule has 0 radical (unpaired) electrons. The van der Waals surface area contributed by atoms with Gasteiger partial charge in [-0.15, -0.1) is 0 Å². The second-order valence-corrected chi connectivity index (χ2v) is 11.3. The lowest BCUT2D eigenvalue weighted by Crippen LogP contribution is -2.39. The summed E-state index contributed by atoms with van der Waals surface area (Å²) in [7, 11) is 1.03. The number of quaternary nitrogens is 1. The van der Waals surface area contributed by atoms with Gasteiger partial charge in [0.2, 0.25) is 10.0 Å². The van der Waals surface area contributed by atoms with Gasteiger partial charge in [-0.25, -0.2) is 8.42 Å². The Morgan fingerprint density at radius 2 is 1.25 bits per heavy atom. The van der Waals surface area contributed by atoms with Gasteiger partial charge in [0.25, 0.3) is 0 Å². The number of nitrogens with zero attached hydrogens (tertiary/aromatic N) is 1. The van der Waals surface area contributed by atoms with E-state index >= 15 is 0 Å². The summed E-state index contributed by atoms with van der Waals surface area (Å²) in [6, 6.07) is 18.2. The van der Waals surface area contributed by atoms with Crippen LogP contribution in [0, 0.1) is 0 Å². The summed E-state index contributed by atoms with van der Waals surface area (Å²) in [5, 5.41) is 0. The largest absolute Gasteiger partial charge is 0.292 e. The van der Waals surface area contributed by atoms with Crippen molar-refractivity contribution in [2.75, 3.05) is 24.6 Å². The molecule has 4 nitrogen and oxygen atoms in total. The number of rotatable bonds is 16. The number of sulfonamides is 1. The molecule has 178 valence electrons. The van der Waals surface area contributed by atoms with E-state index < -0.39 is 10.0 Å². The molecule has 0 heterocycles. The van der Waals surface area contributed by atoms with Gasteiger partial charge >= 0.3 is 0 Å². The van der Waals surface area contributed by atoms with Crippen LogP contribution < -0.4 is 9.21 Å². The molecule has 1 N–H and O–H groups in total. The average molecular weight is 460 g/mol. The van der Waals surface area contributed by atoms with Gasteiger partial charge in [0.1, 0.15) is 12.2 Å². The van der Waals surface area contributed by atoms with Crippen molar-refractivity contribution < 1.29 is 8.42 Å². The molecule has 5 heteroatoms. The monoisotopic (exact) mass is 459 g/mol. The van der Waals surface area contributed by atoms with E-state index in [0.29, 0.717) is 10.2 Å². The van der Waals surface area contributed by atoms with Gasteiger partial charge in [-0.2, -0.15) is 0 Å². The van der Waals surface area contributed by atoms with Crippen LogP contribution in [0.5, 0.6) is 0 Å². The SMILES string of the molecule is CCCCCCCCCCCCS(=O)(=O)Nc1ccc([N+](C)(C)Cc2ccccc2)cc1. The first kappa shape index (κ1) is 26.4. The molecule has 0 aromatic heterocycles. The zero-order valence-corrected chi connectivity index (χ0v) is 21.2. The highest BCUT2D eigenvalue weighted by Gasteiger charge is 2.20. The van der Waals surface area contributed by atoms with Gasteiger partial charge in [-0.05, 0) is 18.6 Å². The topological polar surface area (TPSA) is 46.2 Å². The maximum absolute atomic E-state index is 12.4. The molecule has 0 aliphatic heterocycles. The standard InChI is InChI=1S/C27H43N2O2S/c1-4-5-6-7-8-9-10-11-12-16-23-32(30,31)28-26-19-21-27(22-20-26)29(2,3)24-25-17-14-13-15-18-25/h13-15,17-22,28H,4-12,16,23-24H2,1-3H3/q+1. The van der Waals surface area contributed by atoms with Crippen LogP contribution in [0.25, 0.3) is 0 Å². The first-order chi connectivity index (χ1) is 15.3. The molecule has 0 saturated heterocycles. The van der Waals surface area contributed by atoms with Gasteiger partial charge in [-0.3, -0.25) is 9.21 Å². The minimum absolute atomic E-state index is 0.195. The zero-order valence-electron chi connectivity index (χ0n) is 20.4. The van der Waals surface area contributed by atoms with E-state index in [1.54, 1.807) is 0 Å². The summed E-state index contributed by atoms with van der Waals surface area (Å²) in [6.07, 6.45) is 12.0. The first-order valence-corrected chi connectivity index (χ1v) is 14.0. The highest BCUT2D eigenvalue weighted by Crippen LogP contribution is 2.24. The fourth-order valence-corrected chi connectivity index (χ4v) is 5.26. The number of anilines is 1. The molecule has 2 aromatic rings. The summed E-state index contributed by atoms with van der Waals surface area (Å²) in [4.78, 5) is 0. The van der Waals surface area contributed by atoms with Crippen LogP contribution >= 0.6 is 0 Å². The smallest absolute Gasteiger partial charge is 0.232 e. The van der Waals surface area contributed by atoms with Crippen molar-refractivity contribution in [2.45, 2.75) is 77.7 Å². The second kappa shape index (κ2) is 13.6.